The van der Waals surface area contributed by atoms with E-state index in [4.69, 9.17) is 0 Å². The minimum absolute atomic E-state index is 0.547. The summed E-state index contributed by atoms with van der Waals surface area (Å²) in [7, 11) is 0. The average molecular weight is 258 g/mol. The molecule has 3 nitrogen and oxygen atoms in total. The van der Waals surface area contributed by atoms with Gasteiger partial charge in [-0.1, -0.05) is 0 Å². The van der Waals surface area contributed by atoms with Crippen molar-refractivity contribution in [3.63, 3.8) is 0 Å². The van der Waals surface area contributed by atoms with Crippen LogP contribution < -0.4 is 5.32 Å². The van der Waals surface area contributed by atoms with Crippen LogP contribution in [0.3, 0.4) is 0 Å². The van der Waals surface area contributed by atoms with Crippen LogP contribution in [0.25, 0.3) is 0 Å². The van der Waals surface area contributed by atoms with Gasteiger partial charge in [0.1, 0.15) is 0 Å². The summed E-state index contributed by atoms with van der Waals surface area (Å²) in [6, 6.07) is 2.92. The van der Waals surface area contributed by atoms with Crippen LogP contribution in [-0.4, -0.2) is 35.2 Å². The first-order chi connectivity index (χ1) is 8.24. The third-order valence-electron chi connectivity index (χ3n) is 2.43. The fourth-order valence-electron chi connectivity index (χ4n) is 1.50. The molecule has 0 spiro atoms. The molecule has 0 aliphatic heterocycles. The first-order valence-electron chi connectivity index (χ1n) is 5.73. The minimum Gasteiger partial charge on any atom is -0.388 e. The van der Waals surface area contributed by atoms with E-state index >= 15 is 0 Å². The lowest BCUT2D eigenvalue weighted by Gasteiger charge is -2.11. The highest BCUT2D eigenvalue weighted by atomic mass is 32.2. The summed E-state index contributed by atoms with van der Waals surface area (Å²) >= 11 is 1.83. The first-order valence-corrected chi connectivity index (χ1v) is 7.12. The number of halogens is 1. The van der Waals surface area contributed by atoms with Crippen molar-refractivity contribution in [2.24, 2.45) is 0 Å². The molecule has 0 amide bonds. The van der Waals surface area contributed by atoms with Gasteiger partial charge in [-0.15, -0.1) is 0 Å². The number of aliphatic hydroxyl groups excluding tert-OH is 1. The lowest BCUT2D eigenvalue weighted by Crippen LogP contribution is -2.19. The van der Waals surface area contributed by atoms with Crippen LogP contribution in [0.4, 0.5) is 4.39 Å². The number of nitrogens with one attached hydrogen (secondary N) is 1. The van der Waals surface area contributed by atoms with Gasteiger partial charge in [0.25, 0.3) is 0 Å². The predicted molar refractivity (Wildman–Crippen MR) is 69.6 cm³/mol. The van der Waals surface area contributed by atoms with Crippen LogP contribution in [0.1, 0.15) is 24.5 Å². The molecule has 0 saturated heterocycles. The Morgan fingerprint density at radius 1 is 1.53 bits per heavy atom. The molecule has 0 radical (unpaired) electrons. The van der Waals surface area contributed by atoms with Gasteiger partial charge in [0.15, 0.2) is 0 Å². The topological polar surface area (TPSA) is 45.1 Å². The molecule has 5 heteroatoms. The van der Waals surface area contributed by atoms with Crippen LogP contribution >= 0.6 is 11.8 Å². The Labute approximate surface area is 106 Å². The molecule has 1 heterocycles. The Morgan fingerprint density at radius 2 is 2.35 bits per heavy atom. The Balaban J connectivity index is 2.19. The number of aromatic nitrogens is 1. The van der Waals surface area contributed by atoms with Crippen molar-refractivity contribution < 1.29 is 9.50 Å². The van der Waals surface area contributed by atoms with Crippen LogP contribution in [0.5, 0.6) is 0 Å². The van der Waals surface area contributed by atoms with Gasteiger partial charge < -0.3 is 10.4 Å². The Morgan fingerprint density at radius 3 is 3.06 bits per heavy atom. The number of thioether (sulfide) groups is 1. The van der Waals surface area contributed by atoms with E-state index in [1.165, 1.54) is 12.3 Å². The third-order valence-corrected chi connectivity index (χ3v) is 3.13. The molecule has 17 heavy (non-hydrogen) atoms. The predicted octanol–water partition coefficient (Wildman–Crippen LogP) is 1.99. The van der Waals surface area contributed by atoms with Gasteiger partial charge in [0.2, 0.25) is 5.95 Å². The summed E-state index contributed by atoms with van der Waals surface area (Å²) in [4.78, 5) is 3.46. The maximum absolute atomic E-state index is 12.8. The van der Waals surface area contributed by atoms with E-state index in [1.54, 1.807) is 6.07 Å². The summed E-state index contributed by atoms with van der Waals surface area (Å²) < 4.78 is 12.8. The van der Waals surface area contributed by atoms with Gasteiger partial charge >= 0.3 is 0 Å². The molecule has 1 aromatic heterocycles. The zero-order valence-electron chi connectivity index (χ0n) is 10.0. The zero-order chi connectivity index (χ0) is 12.5. The number of hydrogen-bond donors (Lipinski definition) is 2. The van der Waals surface area contributed by atoms with Crippen molar-refractivity contribution in [1.82, 2.24) is 10.3 Å². The number of nitrogens with zero attached hydrogens (tertiary/aromatic N) is 1. The van der Waals surface area contributed by atoms with E-state index in [9.17, 15) is 9.50 Å². The van der Waals surface area contributed by atoms with Crippen LogP contribution in [0, 0.1) is 5.95 Å². The third kappa shape index (κ3) is 6.00. The second-order valence-corrected chi connectivity index (χ2v) is 4.80. The Hall–Kier alpha value is -0.650. The summed E-state index contributed by atoms with van der Waals surface area (Å²) in [5.41, 5.74) is 0.586. The number of hydrogen-bond acceptors (Lipinski definition) is 4. The molecule has 0 aliphatic rings. The molecular weight excluding hydrogens is 239 g/mol. The molecular formula is C12H19FN2OS. The monoisotopic (exact) mass is 258 g/mol. The highest BCUT2D eigenvalue weighted by Gasteiger charge is 2.07. The normalized spacial score (nSPS) is 12.6. The molecule has 1 rings (SSSR count). The fraction of sp³-hybridized carbons (Fsp3) is 0.583. The molecule has 0 aliphatic carbocycles. The first kappa shape index (κ1) is 14.4. The average Bonchev–Trinajstić information content (AvgIpc) is 2.33. The molecule has 0 unspecified atom stereocenters. The van der Waals surface area contributed by atoms with E-state index < -0.39 is 12.1 Å². The summed E-state index contributed by atoms with van der Waals surface area (Å²) in [6.45, 7) is 1.69. The van der Waals surface area contributed by atoms with Crippen LogP contribution in [0.2, 0.25) is 0 Å². The molecule has 1 atom stereocenters. The quantitative estimate of drug-likeness (QED) is 0.553. The number of aliphatic hydroxyl groups is 1. The second kappa shape index (κ2) is 8.44. The maximum atomic E-state index is 12.8. The Bertz CT molecular complexity index is 325. The molecule has 0 fully saturated rings. The molecule has 2 N–H and O–H groups in total. The van der Waals surface area contributed by atoms with Crippen LogP contribution in [-0.2, 0) is 0 Å². The van der Waals surface area contributed by atoms with E-state index in [2.05, 4.69) is 16.6 Å². The maximum Gasteiger partial charge on any atom is 0.213 e. The summed E-state index contributed by atoms with van der Waals surface area (Å²) in [5.74, 6) is 0.597. The second-order valence-electron chi connectivity index (χ2n) is 3.81. The van der Waals surface area contributed by atoms with Gasteiger partial charge in [-0.05, 0) is 55.6 Å². The van der Waals surface area contributed by atoms with Gasteiger partial charge in [0.05, 0.1) is 6.10 Å². The van der Waals surface area contributed by atoms with E-state index in [0.29, 0.717) is 12.0 Å². The van der Waals surface area contributed by atoms with Crippen molar-refractivity contribution in [1.29, 1.82) is 0 Å². The van der Waals surface area contributed by atoms with Crippen molar-refractivity contribution in [3.8, 4) is 0 Å². The lowest BCUT2D eigenvalue weighted by atomic mass is 10.1. The molecule has 0 aromatic carbocycles. The smallest absolute Gasteiger partial charge is 0.213 e. The standard InChI is InChI=1S/C12H19FN2OS/c1-17-8-2-5-14-6-4-11(16)10-3-7-15-12(13)9-10/h3,7,9,11,14,16H,2,4-6,8H2,1H3/t11-/m0/s1. The van der Waals surface area contributed by atoms with Gasteiger partial charge in [-0.25, -0.2) is 4.98 Å². The molecule has 1 aromatic rings. The fourth-order valence-corrected chi connectivity index (χ4v) is 1.93. The van der Waals surface area contributed by atoms with Gasteiger partial charge in [-0.2, -0.15) is 16.2 Å². The Kier molecular flexibility index (Phi) is 7.16. The van der Waals surface area contributed by atoms with E-state index in [1.807, 2.05) is 11.8 Å². The zero-order valence-corrected chi connectivity index (χ0v) is 10.8. The lowest BCUT2D eigenvalue weighted by molar-refractivity contribution is 0.166. The summed E-state index contributed by atoms with van der Waals surface area (Å²) in [6.07, 6.45) is 4.55. The SMILES string of the molecule is CSCCCNCC[C@H](O)c1ccnc(F)c1. The summed E-state index contributed by atoms with van der Waals surface area (Å²) in [5, 5.41) is 13.1. The van der Waals surface area contributed by atoms with E-state index in [0.717, 1.165) is 25.3 Å². The highest BCUT2D eigenvalue weighted by molar-refractivity contribution is 7.98. The minimum atomic E-state index is -0.624. The molecule has 0 saturated carbocycles. The van der Waals surface area contributed by atoms with Crippen molar-refractivity contribution in [2.75, 3.05) is 25.1 Å². The largest absolute Gasteiger partial charge is 0.388 e. The van der Waals surface area contributed by atoms with Crippen LogP contribution in [0.15, 0.2) is 18.3 Å². The van der Waals surface area contributed by atoms with Gasteiger partial charge in [-0.3, -0.25) is 0 Å². The molecule has 96 valence electrons. The number of pyridine rings is 1. The van der Waals surface area contributed by atoms with Crippen molar-refractivity contribution in [2.45, 2.75) is 18.9 Å². The number of rotatable bonds is 8. The van der Waals surface area contributed by atoms with E-state index in [-0.39, 0.29) is 0 Å². The van der Waals surface area contributed by atoms with Crippen molar-refractivity contribution >= 4 is 11.8 Å². The highest BCUT2D eigenvalue weighted by Crippen LogP contribution is 2.15. The van der Waals surface area contributed by atoms with Gasteiger partial charge in [0, 0.05) is 6.20 Å². The van der Waals surface area contributed by atoms with Crippen molar-refractivity contribution in [3.05, 3.63) is 29.8 Å². The molecule has 0 bridgehead atoms.